The number of halogens is 2. The second-order valence-electron chi connectivity index (χ2n) is 4.84. The number of aliphatic hydroxyl groups excluding tert-OH is 1. The van der Waals surface area contributed by atoms with E-state index in [4.69, 9.17) is 28.3 Å². The first-order valence-electron chi connectivity index (χ1n) is 6.33. The minimum Gasteiger partial charge on any atom is -0.396 e. The van der Waals surface area contributed by atoms with Gasteiger partial charge in [0.1, 0.15) is 10.3 Å². The molecule has 0 saturated carbocycles. The first-order valence-corrected chi connectivity index (χ1v) is 7.08. The molecular weight excluding hydrogens is 271 g/mol. The van der Waals surface area contributed by atoms with Crippen LogP contribution >= 0.6 is 23.2 Å². The predicted molar refractivity (Wildman–Crippen MR) is 74.0 cm³/mol. The summed E-state index contributed by atoms with van der Waals surface area (Å²) < 4.78 is 0. The molecule has 3 nitrogen and oxygen atoms in total. The van der Waals surface area contributed by atoms with Gasteiger partial charge in [-0.2, -0.15) is 0 Å². The average molecular weight is 289 g/mol. The highest BCUT2D eigenvalue weighted by Gasteiger charge is 2.20. The lowest BCUT2D eigenvalue weighted by Crippen LogP contribution is -2.35. The Balaban J connectivity index is 1.96. The third kappa shape index (κ3) is 3.82. The predicted octanol–water partition coefficient (Wildman–Crippen LogP) is 2.98. The number of hydrogen-bond acceptors (Lipinski definition) is 3. The zero-order chi connectivity index (χ0) is 13.0. The van der Waals surface area contributed by atoms with Gasteiger partial charge in [-0.25, -0.2) is 4.98 Å². The van der Waals surface area contributed by atoms with Crippen LogP contribution in [0.4, 0.5) is 0 Å². The van der Waals surface area contributed by atoms with Crippen molar-refractivity contribution >= 4 is 23.2 Å². The van der Waals surface area contributed by atoms with Gasteiger partial charge < -0.3 is 5.11 Å². The van der Waals surface area contributed by atoms with Crippen molar-refractivity contribution in [2.24, 2.45) is 5.92 Å². The Morgan fingerprint density at radius 1 is 1.39 bits per heavy atom. The zero-order valence-corrected chi connectivity index (χ0v) is 11.8. The molecule has 1 unspecified atom stereocenters. The monoisotopic (exact) mass is 288 g/mol. The molecule has 1 atom stereocenters. The van der Waals surface area contributed by atoms with Crippen LogP contribution in [0.25, 0.3) is 0 Å². The summed E-state index contributed by atoms with van der Waals surface area (Å²) in [6.45, 7) is 3.20. The van der Waals surface area contributed by atoms with Crippen LogP contribution in [0.2, 0.25) is 10.3 Å². The van der Waals surface area contributed by atoms with Crippen LogP contribution in [0.3, 0.4) is 0 Å². The van der Waals surface area contributed by atoms with Gasteiger partial charge in [0.05, 0.1) is 0 Å². The van der Waals surface area contributed by atoms with E-state index in [1.807, 2.05) is 6.07 Å². The largest absolute Gasteiger partial charge is 0.396 e. The van der Waals surface area contributed by atoms with Gasteiger partial charge in [0.2, 0.25) is 0 Å². The molecule has 1 aromatic heterocycles. The molecule has 1 saturated heterocycles. The van der Waals surface area contributed by atoms with Crippen molar-refractivity contribution in [1.82, 2.24) is 9.88 Å². The molecule has 0 spiro atoms. The van der Waals surface area contributed by atoms with E-state index in [0.717, 1.165) is 31.6 Å². The first kappa shape index (κ1) is 14.1. The lowest BCUT2D eigenvalue weighted by atomic mass is 9.95. The van der Waals surface area contributed by atoms with E-state index in [-0.39, 0.29) is 6.61 Å². The molecular formula is C13H18Cl2N2O. The van der Waals surface area contributed by atoms with Gasteiger partial charge in [-0.3, -0.25) is 4.90 Å². The summed E-state index contributed by atoms with van der Waals surface area (Å²) in [5.41, 5.74) is 1.02. The van der Waals surface area contributed by atoms with Crippen molar-refractivity contribution in [2.45, 2.75) is 25.8 Å². The lowest BCUT2D eigenvalue weighted by Gasteiger charge is -2.32. The van der Waals surface area contributed by atoms with Gasteiger partial charge >= 0.3 is 0 Å². The van der Waals surface area contributed by atoms with Crippen molar-refractivity contribution < 1.29 is 5.11 Å². The molecule has 1 N–H and O–H groups in total. The summed E-state index contributed by atoms with van der Waals surface area (Å²) in [5.74, 6) is 0.600. The van der Waals surface area contributed by atoms with Crippen molar-refractivity contribution in [1.29, 1.82) is 0 Å². The van der Waals surface area contributed by atoms with Crippen LogP contribution in [0.5, 0.6) is 0 Å². The number of nitrogens with zero attached hydrogens (tertiary/aromatic N) is 2. The molecule has 2 rings (SSSR count). The number of aliphatic hydroxyl groups is 1. The van der Waals surface area contributed by atoms with Crippen LogP contribution in [0.15, 0.2) is 12.1 Å². The molecule has 2 heterocycles. The molecule has 0 amide bonds. The Labute approximate surface area is 118 Å². The van der Waals surface area contributed by atoms with Gasteiger partial charge in [-0.1, -0.05) is 29.3 Å². The zero-order valence-electron chi connectivity index (χ0n) is 10.3. The van der Waals surface area contributed by atoms with Crippen LogP contribution < -0.4 is 0 Å². The molecule has 100 valence electrons. The fraction of sp³-hybridized carbons (Fsp3) is 0.615. The average Bonchev–Trinajstić information content (AvgIpc) is 2.34. The van der Waals surface area contributed by atoms with Gasteiger partial charge in [0.25, 0.3) is 0 Å². The van der Waals surface area contributed by atoms with Crippen LogP contribution in [-0.4, -0.2) is 34.7 Å². The summed E-state index contributed by atoms with van der Waals surface area (Å²) in [6.07, 6.45) is 3.29. The van der Waals surface area contributed by atoms with E-state index in [1.165, 1.54) is 12.8 Å². The number of rotatable bonds is 4. The lowest BCUT2D eigenvalue weighted by molar-refractivity contribution is 0.142. The van der Waals surface area contributed by atoms with E-state index in [1.54, 1.807) is 6.07 Å². The molecule has 18 heavy (non-hydrogen) atoms. The minimum atomic E-state index is 0.280. The molecule has 1 aliphatic rings. The maximum Gasteiger partial charge on any atom is 0.135 e. The summed E-state index contributed by atoms with van der Waals surface area (Å²) in [7, 11) is 0. The van der Waals surface area contributed by atoms with Gasteiger partial charge in [-0.15, -0.1) is 0 Å². The Bertz CT molecular complexity index is 399. The topological polar surface area (TPSA) is 36.4 Å². The van der Waals surface area contributed by atoms with Gasteiger partial charge in [-0.05, 0) is 37.8 Å². The molecule has 1 aliphatic heterocycles. The van der Waals surface area contributed by atoms with Crippen molar-refractivity contribution in [3.63, 3.8) is 0 Å². The van der Waals surface area contributed by atoms with Gasteiger partial charge in [0.15, 0.2) is 0 Å². The summed E-state index contributed by atoms with van der Waals surface area (Å²) >= 11 is 11.9. The third-order valence-electron chi connectivity index (χ3n) is 3.43. The van der Waals surface area contributed by atoms with Gasteiger partial charge in [0, 0.05) is 25.3 Å². The van der Waals surface area contributed by atoms with Crippen LogP contribution in [0, 0.1) is 5.92 Å². The van der Waals surface area contributed by atoms with E-state index < -0.39 is 0 Å². The number of pyridine rings is 1. The Kier molecular flexibility index (Phi) is 5.25. The SMILES string of the molecule is OCCC1CCCN(Cc2ccc(Cl)nc2Cl)C1. The molecule has 1 fully saturated rings. The maximum absolute atomic E-state index is 9.00. The number of aromatic nitrogens is 1. The number of likely N-dealkylation sites (tertiary alicyclic amines) is 1. The van der Waals surface area contributed by atoms with E-state index in [9.17, 15) is 0 Å². The summed E-state index contributed by atoms with van der Waals surface area (Å²) in [4.78, 5) is 6.43. The fourth-order valence-corrected chi connectivity index (χ4v) is 2.92. The van der Waals surface area contributed by atoms with Crippen molar-refractivity contribution in [2.75, 3.05) is 19.7 Å². The minimum absolute atomic E-state index is 0.280. The second-order valence-corrected chi connectivity index (χ2v) is 5.58. The quantitative estimate of drug-likeness (QED) is 0.866. The molecule has 1 aromatic rings. The smallest absolute Gasteiger partial charge is 0.135 e. The normalized spacial score (nSPS) is 21.2. The fourth-order valence-electron chi connectivity index (χ4n) is 2.51. The van der Waals surface area contributed by atoms with Crippen molar-refractivity contribution in [3.8, 4) is 0 Å². The number of hydrogen-bond donors (Lipinski definition) is 1. The number of piperidine rings is 1. The maximum atomic E-state index is 9.00. The van der Waals surface area contributed by atoms with Crippen LogP contribution in [-0.2, 0) is 6.54 Å². The molecule has 0 aromatic carbocycles. The molecule has 0 radical (unpaired) electrons. The molecule has 0 bridgehead atoms. The first-order chi connectivity index (χ1) is 8.69. The van der Waals surface area contributed by atoms with Crippen molar-refractivity contribution in [3.05, 3.63) is 28.0 Å². The van der Waals surface area contributed by atoms with E-state index in [0.29, 0.717) is 16.2 Å². The highest BCUT2D eigenvalue weighted by molar-refractivity contribution is 6.32. The highest BCUT2D eigenvalue weighted by atomic mass is 35.5. The molecule has 0 aliphatic carbocycles. The van der Waals surface area contributed by atoms with E-state index >= 15 is 0 Å². The molecule has 5 heteroatoms. The Morgan fingerprint density at radius 2 is 2.22 bits per heavy atom. The van der Waals surface area contributed by atoms with E-state index in [2.05, 4.69) is 9.88 Å². The summed E-state index contributed by atoms with van der Waals surface area (Å²) in [6, 6.07) is 3.71. The van der Waals surface area contributed by atoms with Crippen LogP contribution in [0.1, 0.15) is 24.8 Å². The third-order valence-corrected chi connectivity index (χ3v) is 3.96. The highest BCUT2D eigenvalue weighted by Crippen LogP contribution is 2.23. The Hall–Kier alpha value is -0.350. The standard InChI is InChI=1S/C13H18Cl2N2O/c14-12-4-3-11(13(15)16-12)9-17-6-1-2-10(8-17)5-7-18/h3-4,10,18H,1-2,5-9H2. The Morgan fingerprint density at radius 3 is 2.94 bits per heavy atom. The second kappa shape index (κ2) is 6.71. The summed E-state index contributed by atoms with van der Waals surface area (Å²) in [5, 5.41) is 9.93.